The van der Waals surface area contributed by atoms with Crippen molar-refractivity contribution in [2.45, 2.75) is 11.5 Å². The van der Waals surface area contributed by atoms with Gasteiger partial charge >= 0.3 is 0 Å². The van der Waals surface area contributed by atoms with E-state index < -0.39 is 15.9 Å². The molecular formula is C30H26ClNO6S. The summed E-state index contributed by atoms with van der Waals surface area (Å²) in [5.74, 6) is 0.563. The fraction of sp³-hybridized carbons (Fsp3) is 0.100. The number of hydrogen-bond donors (Lipinski definition) is 0. The Kier molecular flexibility index (Phi) is 8.91. The summed E-state index contributed by atoms with van der Waals surface area (Å²) in [6.45, 7) is 0.363. The summed E-state index contributed by atoms with van der Waals surface area (Å²) in [6.07, 6.45) is 2.68. The summed E-state index contributed by atoms with van der Waals surface area (Å²) in [5, 5.41) is 0.163. The second-order valence-corrected chi connectivity index (χ2v) is 10.5. The summed E-state index contributed by atoms with van der Waals surface area (Å²) in [7, 11) is -1.30. The number of hydrogen-bond acceptors (Lipinski definition) is 6. The summed E-state index contributed by atoms with van der Waals surface area (Å²) in [6, 6.07) is 26.9. The minimum Gasteiger partial charge on any atom is -0.495 e. The normalized spacial score (nSPS) is 11.3. The Balaban J connectivity index is 1.63. The molecule has 0 saturated carbocycles. The molecule has 0 radical (unpaired) electrons. The molecule has 0 aliphatic rings. The lowest BCUT2D eigenvalue weighted by Gasteiger charge is -2.22. The number of methoxy groups -OCH3 is 2. The summed E-state index contributed by atoms with van der Waals surface area (Å²) in [4.78, 5) is 13.4. The maximum absolute atomic E-state index is 13.5. The molecule has 39 heavy (non-hydrogen) atoms. The second kappa shape index (κ2) is 12.5. The Morgan fingerprint density at radius 1 is 0.821 bits per heavy atom. The number of anilines is 1. The van der Waals surface area contributed by atoms with E-state index in [1.807, 2.05) is 30.3 Å². The topological polar surface area (TPSA) is 82.1 Å². The van der Waals surface area contributed by atoms with Gasteiger partial charge in [-0.25, -0.2) is 8.42 Å². The molecule has 0 bridgehead atoms. The number of benzene rings is 4. The van der Waals surface area contributed by atoms with Crippen molar-refractivity contribution in [2.24, 2.45) is 0 Å². The monoisotopic (exact) mass is 563 g/mol. The van der Waals surface area contributed by atoms with E-state index in [4.69, 9.17) is 25.8 Å². The number of ether oxygens (including phenoxy) is 3. The zero-order chi connectivity index (χ0) is 27.8. The van der Waals surface area contributed by atoms with Gasteiger partial charge in [-0.3, -0.25) is 4.79 Å². The van der Waals surface area contributed by atoms with E-state index in [2.05, 4.69) is 0 Å². The van der Waals surface area contributed by atoms with Crippen LogP contribution in [0.4, 0.5) is 5.69 Å². The van der Waals surface area contributed by atoms with E-state index in [0.717, 1.165) is 5.56 Å². The van der Waals surface area contributed by atoms with Gasteiger partial charge in [-0.05, 0) is 59.7 Å². The van der Waals surface area contributed by atoms with Gasteiger partial charge in [0.05, 0.1) is 29.8 Å². The van der Waals surface area contributed by atoms with Crippen LogP contribution in [-0.2, 0) is 21.4 Å². The first kappa shape index (κ1) is 27.8. The van der Waals surface area contributed by atoms with Gasteiger partial charge in [-0.2, -0.15) is 4.31 Å². The van der Waals surface area contributed by atoms with Crippen molar-refractivity contribution >= 4 is 39.3 Å². The molecule has 4 aromatic rings. The molecule has 7 nitrogen and oxygen atoms in total. The van der Waals surface area contributed by atoms with Gasteiger partial charge in [0.15, 0.2) is 11.5 Å². The Labute approximate surface area is 232 Å². The molecular weight excluding hydrogens is 538 g/mol. The number of halogens is 1. The van der Waals surface area contributed by atoms with Crippen molar-refractivity contribution in [3.8, 4) is 17.2 Å². The van der Waals surface area contributed by atoms with Crippen molar-refractivity contribution in [2.75, 3.05) is 18.5 Å². The minimum atomic E-state index is -4.26. The van der Waals surface area contributed by atoms with E-state index >= 15 is 0 Å². The standard InChI is InChI=1S/C30H26ClNO6S/c1-36-27-17-15-24(20-26(27)31)32(39(34,35)25-11-7-4-8-12-25)30(33)18-14-22-13-16-28(29(19-22)37-2)38-21-23-9-5-3-6-10-23/h3-20H,21H2,1-2H3/b18-14+. The van der Waals surface area contributed by atoms with Gasteiger partial charge in [-0.1, -0.05) is 66.2 Å². The summed E-state index contributed by atoms with van der Waals surface area (Å²) < 4.78 is 44.3. The molecule has 0 unspecified atom stereocenters. The highest BCUT2D eigenvalue weighted by Crippen LogP contribution is 2.33. The molecule has 0 fully saturated rings. The predicted octanol–water partition coefficient (Wildman–Crippen LogP) is 6.37. The van der Waals surface area contributed by atoms with Crippen LogP contribution in [0.3, 0.4) is 0 Å². The van der Waals surface area contributed by atoms with Gasteiger partial charge < -0.3 is 14.2 Å². The van der Waals surface area contributed by atoms with Crippen molar-refractivity contribution in [1.29, 1.82) is 0 Å². The van der Waals surface area contributed by atoms with E-state index in [0.29, 0.717) is 33.7 Å². The van der Waals surface area contributed by atoms with E-state index in [-0.39, 0.29) is 15.6 Å². The van der Waals surface area contributed by atoms with Crippen LogP contribution in [0.25, 0.3) is 6.08 Å². The van der Waals surface area contributed by atoms with Crippen molar-refractivity contribution < 1.29 is 27.4 Å². The van der Waals surface area contributed by atoms with Crippen LogP contribution in [0.1, 0.15) is 11.1 Å². The minimum absolute atomic E-state index is 0.0414. The molecule has 200 valence electrons. The molecule has 4 rings (SSSR count). The summed E-state index contributed by atoms with van der Waals surface area (Å²) >= 11 is 6.26. The van der Waals surface area contributed by atoms with Crippen LogP contribution in [0.5, 0.6) is 17.2 Å². The fourth-order valence-corrected chi connectivity index (χ4v) is 5.39. The Hall–Kier alpha value is -4.27. The van der Waals surface area contributed by atoms with Gasteiger partial charge in [0.1, 0.15) is 12.4 Å². The molecule has 0 aliphatic carbocycles. The molecule has 9 heteroatoms. The van der Waals surface area contributed by atoms with Gasteiger partial charge in [0, 0.05) is 6.08 Å². The highest BCUT2D eigenvalue weighted by Gasteiger charge is 2.30. The van der Waals surface area contributed by atoms with Crippen LogP contribution in [-0.4, -0.2) is 28.5 Å². The van der Waals surface area contributed by atoms with Crippen LogP contribution < -0.4 is 18.5 Å². The molecule has 0 spiro atoms. The smallest absolute Gasteiger partial charge is 0.271 e. The second-order valence-electron chi connectivity index (χ2n) is 8.26. The zero-order valence-electron chi connectivity index (χ0n) is 21.3. The molecule has 0 aliphatic heterocycles. The first-order valence-corrected chi connectivity index (χ1v) is 13.7. The van der Waals surface area contributed by atoms with Crippen LogP contribution >= 0.6 is 11.6 Å². The Morgan fingerprint density at radius 3 is 2.10 bits per heavy atom. The average Bonchev–Trinajstić information content (AvgIpc) is 2.96. The molecule has 0 saturated heterocycles. The number of rotatable bonds is 10. The first-order chi connectivity index (χ1) is 18.8. The highest BCUT2D eigenvalue weighted by atomic mass is 35.5. The van der Waals surface area contributed by atoms with Crippen LogP contribution in [0.2, 0.25) is 5.02 Å². The largest absolute Gasteiger partial charge is 0.495 e. The predicted molar refractivity (Wildman–Crippen MR) is 152 cm³/mol. The number of nitrogens with zero attached hydrogens (tertiary/aromatic N) is 1. The third-order valence-corrected chi connectivity index (χ3v) is 7.73. The first-order valence-electron chi connectivity index (χ1n) is 11.8. The molecule has 0 aromatic heterocycles. The van der Waals surface area contributed by atoms with E-state index in [1.54, 1.807) is 36.4 Å². The van der Waals surface area contributed by atoms with Crippen LogP contribution in [0.15, 0.2) is 108 Å². The van der Waals surface area contributed by atoms with Crippen molar-refractivity contribution in [3.05, 3.63) is 119 Å². The lowest BCUT2D eigenvalue weighted by molar-refractivity contribution is -0.113. The van der Waals surface area contributed by atoms with Crippen molar-refractivity contribution in [1.82, 2.24) is 0 Å². The zero-order valence-corrected chi connectivity index (χ0v) is 22.9. The number of amides is 1. The molecule has 0 atom stereocenters. The molecule has 4 aromatic carbocycles. The number of sulfonamides is 1. The Bertz CT molecular complexity index is 1570. The lowest BCUT2D eigenvalue weighted by Crippen LogP contribution is -2.35. The SMILES string of the molecule is COc1ccc(N(C(=O)/C=C/c2ccc(OCc3ccccc3)c(OC)c2)S(=O)(=O)c2ccccc2)cc1Cl. The van der Waals surface area contributed by atoms with Gasteiger partial charge in [-0.15, -0.1) is 0 Å². The lowest BCUT2D eigenvalue weighted by atomic mass is 10.2. The molecule has 0 heterocycles. The van der Waals surface area contributed by atoms with Crippen LogP contribution in [0, 0.1) is 0 Å². The summed E-state index contributed by atoms with van der Waals surface area (Å²) in [5.41, 5.74) is 1.69. The third-order valence-electron chi connectivity index (χ3n) is 5.69. The molecule has 1 amide bonds. The fourth-order valence-electron chi connectivity index (χ4n) is 3.74. The third kappa shape index (κ3) is 6.60. The highest BCUT2D eigenvalue weighted by molar-refractivity contribution is 7.93. The number of carbonyl (C=O) groups is 1. The Morgan fingerprint density at radius 2 is 1.46 bits per heavy atom. The van der Waals surface area contributed by atoms with Gasteiger partial charge in [0.2, 0.25) is 0 Å². The van der Waals surface area contributed by atoms with E-state index in [9.17, 15) is 13.2 Å². The van der Waals surface area contributed by atoms with E-state index in [1.165, 1.54) is 56.7 Å². The van der Waals surface area contributed by atoms with Gasteiger partial charge in [0.25, 0.3) is 15.9 Å². The number of carbonyl (C=O) groups excluding carboxylic acids is 1. The maximum Gasteiger partial charge on any atom is 0.271 e. The maximum atomic E-state index is 13.5. The van der Waals surface area contributed by atoms with Crippen molar-refractivity contribution in [3.63, 3.8) is 0 Å². The quantitative estimate of drug-likeness (QED) is 0.208. The average molecular weight is 564 g/mol. The molecule has 0 N–H and O–H groups in total.